The Kier molecular flexibility index (Phi) is 3.88. The predicted molar refractivity (Wildman–Crippen MR) is 71.1 cm³/mol. The number of hydrogen-bond acceptors (Lipinski definition) is 4. The van der Waals surface area contributed by atoms with E-state index in [1.54, 1.807) is 37.0 Å². The van der Waals surface area contributed by atoms with Crippen molar-refractivity contribution in [2.24, 2.45) is 0 Å². The molecular formula is C12H14N2O3S. The molecule has 0 aliphatic carbocycles. The summed E-state index contributed by atoms with van der Waals surface area (Å²) in [5, 5.41) is 12.2. The van der Waals surface area contributed by atoms with Crippen molar-refractivity contribution in [3.63, 3.8) is 0 Å². The molecule has 0 spiro atoms. The smallest absolute Gasteiger partial charge is 0.337 e. The van der Waals surface area contributed by atoms with Crippen LogP contribution in [-0.2, 0) is 4.79 Å². The third kappa shape index (κ3) is 2.49. The summed E-state index contributed by atoms with van der Waals surface area (Å²) in [4.78, 5) is 24.7. The molecular weight excluding hydrogens is 252 g/mol. The maximum absolute atomic E-state index is 12.2. The van der Waals surface area contributed by atoms with Gasteiger partial charge in [0, 0.05) is 18.7 Å². The topological polar surface area (TPSA) is 69.6 Å². The van der Waals surface area contributed by atoms with Gasteiger partial charge in [0.1, 0.15) is 0 Å². The molecule has 96 valence electrons. The number of thioether (sulfide) groups is 1. The number of hydrogen-bond donors (Lipinski definition) is 2. The van der Waals surface area contributed by atoms with Gasteiger partial charge in [0.15, 0.2) is 0 Å². The molecule has 1 aliphatic heterocycles. The third-order valence-corrected chi connectivity index (χ3v) is 3.78. The molecule has 0 saturated carbocycles. The summed E-state index contributed by atoms with van der Waals surface area (Å²) in [6, 6.07) is 6.28. The molecule has 1 saturated heterocycles. The van der Waals surface area contributed by atoms with Crippen molar-refractivity contribution in [1.29, 1.82) is 0 Å². The largest absolute Gasteiger partial charge is 0.478 e. The van der Waals surface area contributed by atoms with Crippen LogP contribution in [0.15, 0.2) is 24.3 Å². The van der Waals surface area contributed by atoms with Crippen LogP contribution in [0, 0.1) is 0 Å². The monoisotopic (exact) mass is 266 g/mol. The van der Waals surface area contributed by atoms with E-state index in [9.17, 15) is 9.59 Å². The summed E-state index contributed by atoms with van der Waals surface area (Å²) >= 11 is 1.66. The quantitative estimate of drug-likeness (QED) is 0.854. The van der Waals surface area contributed by atoms with Gasteiger partial charge in [-0.1, -0.05) is 12.1 Å². The Hall–Kier alpha value is -1.53. The van der Waals surface area contributed by atoms with Gasteiger partial charge in [-0.2, -0.15) is 0 Å². The second kappa shape index (κ2) is 5.41. The zero-order chi connectivity index (χ0) is 13.1. The van der Waals surface area contributed by atoms with E-state index in [1.807, 2.05) is 0 Å². The molecule has 0 bridgehead atoms. The maximum atomic E-state index is 12.2. The minimum atomic E-state index is -1.03. The summed E-state index contributed by atoms with van der Waals surface area (Å²) < 4.78 is 0. The lowest BCUT2D eigenvalue weighted by Crippen LogP contribution is -2.43. The van der Waals surface area contributed by atoms with Gasteiger partial charge in [-0.25, -0.2) is 4.79 Å². The van der Waals surface area contributed by atoms with Crippen molar-refractivity contribution in [3.8, 4) is 0 Å². The van der Waals surface area contributed by atoms with Gasteiger partial charge in [0.05, 0.1) is 17.3 Å². The van der Waals surface area contributed by atoms with Crippen LogP contribution in [0.2, 0.25) is 0 Å². The fourth-order valence-electron chi connectivity index (χ4n) is 1.85. The van der Waals surface area contributed by atoms with E-state index >= 15 is 0 Å². The number of amides is 1. The minimum absolute atomic E-state index is 0.103. The highest BCUT2D eigenvalue weighted by atomic mass is 32.2. The van der Waals surface area contributed by atoms with Crippen LogP contribution < -0.4 is 10.2 Å². The number of carbonyl (C=O) groups excluding carboxylic acids is 1. The second-order valence-electron chi connectivity index (χ2n) is 3.99. The molecule has 5 nitrogen and oxygen atoms in total. The zero-order valence-corrected chi connectivity index (χ0v) is 10.7. The molecule has 1 amide bonds. The predicted octanol–water partition coefficient (Wildman–Crippen LogP) is 1.01. The number of carbonyl (C=O) groups is 2. The van der Waals surface area contributed by atoms with E-state index in [2.05, 4.69) is 5.32 Å². The SMILES string of the molecule is CN(C(=O)C1CSCN1)c1ccccc1C(=O)O. The van der Waals surface area contributed by atoms with Crippen LogP contribution in [0.5, 0.6) is 0 Å². The van der Waals surface area contributed by atoms with Crippen LogP contribution in [-0.4, -0.2) is 41.7 Å². The van der Waals surface area contributed by atoms with Gasteiger partial charge < -0.3 is 10.0 Å². The van der Waals surface area contributed by atoms with Crippen molar-refractivity contribution in [2.45, 2.75) is 6.04 Å². The number of nitrogens with zero attached hydrogens (tertiary/aromatic N) is 1. The first kappa shape index (κ1) is 12.9. The molecule has 2 rings (SSSR count). The van der Waals surface area contributed by atoms with Crippen molar-refractivity contribution in [3.05, 3.63) is 29.8 Å². The van der Waals surface area contributed by atoms with Crippen LogP contribution in [0.3, 0.4) is 0 Å². The zero-order valence-electron chi connectivity index (χ0n) is 9.92. The van der Waals surface area contributed by atoms with E-state index in [-0.39, 0.29) is 17.5 Å². The van der Waals surface area contributed by atoms with Crippen LogP contribution >= 0.6 is 11.8 Å². The number of para-hydroxylation sites is 1. The Labute approximate surface area is 109 Å². The number of anilines is 1. The number of aromatic carboxylic acids is 1. The fourth-order valence-corrected chi connectivity index (χ4v) is 2.79. The molecule has 6 heteroatoms. The average Bonchev–Trinajstić information content (AvgIpc) is 2.90. The van der Waals surface area contributed by atoms with Crippen LogP contribution in [0.1, 0.15) is 10.4 Å². The summed E-state index contributed by atoms with van der Waals surface area (Å²) in [6.07, 6.45) is 0. The number of likely N-dealkylation sites (N-methyl/N-ethyl adjacent to an activating group) is 1. The Morgan fingerprint density at radius 1 is 1.44 bits per heavy atom. The third-order valence-electron chi connectivity index (χ3n) is 2.84. The normalized spacial score (nSPS) is 18.6. The molecule has 1 aromatic carbocycles. The molecule has 0 aromatic heterocycles. The van der Waals surface area contributed by atoms with Gasteiger partial charge in [0.25, 0.3) is 0 Å². The minimum Gasteiger partial charge on any atom is -0.478 e. The fraction of sp³-hybridized carbons (Fsp3) is 0.333. The molecule has 1 fully saturated rings. The highest BCUT2D eigenvalue weighted by Crippen LogP contribution is 2.21. The standard InChI is InChI=1S/C12H14N2O3S/c1-14(11(15)9-6-18-7-13-9)10-5-3-2-4-8(10)12(16)17/h2-5,9,13H,6-7H2,1H3,(H,16,17). The first-order chi connectivity index (χ1) is 8.61. The Morgan fingerprint density at radius 3 is 2.78 bits per heavy atom. The summed E-state index contributed by atoms with van der Waals surface area (Å²) in [5.74, 6) is 0.344. The highest BCUT2D eigenvalue weighted by Gasteiger charge is 2.27. The van der Waals surface area contributed by atoms with E-state index in [1.165, 1.54) is 11.0 Å². The Morgan fingerprint density at radius 2 is 2.17 bits per heavy atom. The van der Waals surface area contributed by atoms with E-state index in [0.29, 0.717) is 5.69 Å². The van der Waals surface area contributed by atoms with Crippen molar-refractivity contribution in [2.75, 3.05) is 23.6 Å². The lowest BCUT2D eigenvalue weighted by Gasteiger charge is -2.22. The Balaban J connectivity index is 2.25. The van der Waals surface area contributed by atoms with E-state index in [0.717, 1.165) is 11.6 Å². The molecule has 0 radical (unpaired) electrons. The molecule has 1 aromatic rings. The number of carboxylic acids is 1. The van der Waals surface area contributed by atoms with E-state index in [4.69, 9.17) is 5.11 Å². The summed E-state index contributed by atoms with van der Waals surface area (Å²) in [6.45, 7) is 0. The summed E-state index contributed by atoms with van der Waals surface area (Å²) in [5.41, 5.74) is 0.563. The van der Waals surface area contributed by atoms with Gasteiger partial charge in [0.2, 0.25) is 5.91 Å². The van der Waals surface area contributed by atoms with Crippen molar-refractivity contribution >= 4 is 29.3 Å². The molecule has 1 atom stereocenters. The first-order valence-corrected chi connectivity index (χ1v) is 6.67. The highest BCUT2D eigenvalue weighted by molar-refractivity contribution is 7.99. The van der Waals surface area contributed by atoms with Crippen molar-refractivity contribution in [1.82, 2.24) is 5.32 Å². The first-order valence-electron chi connectivity index (χ1n) is 5.52. The number of nitrogens with one attached hydrogen (secondary N) is 1. The number of benzene rings is 1. The molecule has 18 heavy (non-hydrogen) atoms. The van der Waals surface area contributed by atoms with Gasteiger partial charge in [-0.05, 0) is 12.1 Å². The lowest BCUT2D eigenvalue weighted by molar-refractivity contribution is -0.119. The maximum Gasteiger partial charge on any atom is 0.337 e. The molecule has 1 heterocycles. The second-order valence-corrected chi connectivity index (χ2v) is 5.02. The van der Waals surface area contributed by atoms with Crippen molar-refractivity contribution < 1.29 is 14.7 Å². The van der Waals surface area contributed by atoms with Crippen LogP contribution in [0.4, 0.5) is 5.69 Å². The van der Waals surface area contributed by atoms with Crippen LogP contribution in [0.25, 0.3) is 0 Å². The van der Waals surface area contributed by atoms with Gasteiger partial charge >= 0.3 is 5.97 Å². The molecule has 1 aliphatic rings. The Bertz CT molecular complexity index is 472. The summed E-state index contributed by atoms with van der Waals surface area (Å²) in [7, 11) is 1.61. The van der Waals surface area contributed by atoms with E-state index < -0.39 is 5.97 Å². The lowest BCUT2D eigenvalue weighted by atomic mass is 10.1. The van der Waals surface area contributed by atoms with Gasteiger partial charge in [-0.15, -0.1) is 11.8 Å². The number of rotatable bonds is 3. The molecule has 2 N–H and O–H groups in total. The number of carboxylic acid groups (broad SMARTS) is 1. The molecule has 1 unspecified atom stereocenters. The average molecular weight is 266 g/mol. The van der Waals surface area contributed by atoms with Gasteiger partial charge in [-0.3, -0.25) is 10.1 Å².